The van der Waals surface area contributed by atoms with E-state index in [0.29, 0.717) is 31.0 Å². The number of carbonyl (C=O) groups is 2. The largest absolute Gasteiger partial charge is 0.493 e. The maximum Gasteiger partial charge on any atom is 0.229 e. The van der Waals surface area contributed by atoms with Crippen LogP contribution in [0, 0.1) is 5.92 Å². The number of hydrogen-bond acceptors (Lipinski definition) is 5. The summed E-state index contributed by atoms with van der Waals surface area (Å²) >= 11 is 0. The van der Waals surface area contributed by atoms with Crippen LogP contribution in [0.15, 0.2) is 42.5 Å². The molecule has 7 heteroatoms. The molecule has 0 saturated carbocycles. The number of benzene rings is 2. The van der Waals surface area contributed by atoms with Gasteiger partial charge in [-0.1, -0.05) is 18.2 Å². The molecule has 0 spiro atoms. The van der Waals surface area contributed by atoms with E-state index in [1.54, 1.807) is 19.1 Å². The fourth-order valence-corrected chi connectivity index (χ4v) is 4.51. The first-order valence-corrected chi connectivity index (χ1v) is 11.2. The van der Waals surface area contributed by atoms with Gasteiger partial charge in [0.15, 0.2) is 11.5 Å². The van der Waals surface area contributed by atoms with Gasteiger partial charge in [0.25, 0.3) is 0 Å². The van der Waals surface area contributed by atoms with E-state index in [1.165, 1.54) is 12.8 Å². The zero-order valence-electron chi connectivity index (χ0n) is 18.8. The van der Waals surface area contributed by atoms with Crippen molar-refractivity contribution in [3.8, 4) is 11.5 Å². The quantitative estimate of drug-likeness (QED) is 0.686. The first-order chi connectivity index (χ1) is 15.6. The Hall–Kier alpha value is -3.22. The number of rotatable bonds is 8. The lowest BCUT2D eigenvalue weighted by Gasteiger charge is -2.22. The number of methoxy groups -OCH3 is 2. The van der Waals surface area contributed by atoms with Crippen molar-refractivity contribution in [1.29, 1.82) is 0 Å². The zero-order chi connectivity index (χ0) is 22.5. The van der Waals surface area contributed by atoms with Gasteiger partial charge in [0, 0.05) is 32.6 Å². The molecule has 2 aliphatic rings. The third kappa shape index (κ3) is 4.82. The van der Waals surface area contributed by atoms with Gasteiger partial charge in [0.2, 0.25) is 11.8 Å². The predicted molar refractivity (Wildman–Crippen MR) is 124 cm³/mol. The summed E-state index contributed by atoms with van der Waals surface area (Å²) < 4.78 is 10.6. The van der Waals surface area contributed by atoms with E-state index >= 15 is 0 Å². The van der Waals surface area contributed by atoms with Crippen molar-refractivity contribution in [1.82, 2.24) is 4.90 Å². The standard InChI is InChI=1S/C25H31N3O4/c1-31-22-10-9-18(15-23(22)32-2)11-14-28-17-19(16-24(28)29)25(30)26-20-7-3-4-8-21(20)27-12-5-6-13-27/h3-4,7-10,15,19H,5-6,11-14,16-17H2,1-2H3,(H,26,30)/t19-/m0/s1. The van der Waals surface area contributed by atoms with E-state index in [9.17, 15) is 9.59 Å². The SMILES string of the molecule is COc1ccc(CCN2C[C@@H](C(=O)Nc3ccccc3N3CCCC3)CC2=O)cc1OC. The fraction of sp³-hybridized carbons (Fsp3) is 0.440. The molecule has 0 unspecified atom stereocenters. The fourth-order valence-electron chi connectivity index (χ4n) is 4.51. The molecule has 170 valence electrons. The number of amides is 2. The van der Waals surface area contributed by atoms with E-state index in [-0.39, 0.29) is 24.2 Å². The molecular formula is C25H31N3O4. The van der Waals surface area contributed by atoms with Gasteiger partial charge in [0.05, 0.1) is 31.5 Å². The van der Waals surface area contributed by atoms with E-state index in [1.807, 2.05) is 36.4 Å². The summed E-state index contributed by atoms with van der Waals surface area (Å²) in [4.78, 5) is 29.6. The van der Waals surface area contributed by atoms with Gasteiger partial charge in [0.1, 0.15) is 0 Å². The minimum Gasteiger partial charge on any atom is -0.493 e. The summed E-state index contributed by atoms with van der Waals surface area (Å²) in [6, 6.07) is 13.7. The van der Waals surface area contributed by atoms with Crippen LogP contribution in [0.2, 0.25) is 0 Å². The minimum atomic E-state index is -0.334. The van der Waals surface area contributed by atoms with Gasteiger partial charge in [-0.15, -0.1) is 0 Å². The number of nitrogens with zero attached hydrogens (tertiary/aromatic N) is 2. The van der Waals surface area contributed by atoms with Crippen LogP contribution >= 0.6 is 0 Å². The molecule has 2 aliphatic heterocycles. The second kappa shape index (κ2) is 9.94. The molecule has 1 atom stereocenters. The van der Waals surface area contributed by atoms with E-state index in [2.05, 4.69) is 16.3 Å². The molecule has 32 heavy (non-hydrogen) atoms. The normalized spacial score (nSPS) is 18.2. The van der Waals surface area contributed by atoms with Gasteiger partial charge in [-0.25, -0.2) is 0 Å². The second-order valence-electron chi connectivity index (χ2n) is 8.38. The van der Waals surface area contributed by atoms with Gasteiger partial charge >= 0.3 is 0 Å². The van der Waals surface area contributed by atoms with Gasteiger partial charge in [-0.05, 0) is 49.1 Å². The maximum absolute atomic E-state index is 13.0. The molecule has 0 aromatic heterocycles. The van der Waals surface area contributed by atoms with Crippen LogP contribution in [0.5, 0.6) is 11.5 Å². The molecule has 2 saturated heterocycles. The Labute approximate surface area is 189 Å². The Balaban J connectivity index is 1.35. The van der Waals surface area contributed by atoms with Crippen molar-refractivity contribution in [2.24, 2.45) is 5.92 Å². The monoisotopic (exact) mass is 437 g/mol. The molecular weight excluding hydrogens is 406 g/mol. The van der Waals surface area contributed by atoms with Gasteiger partial charge in [-0.3, -0.25) is 9.59 Å². The Kier molecular flexibility index (Phi) is 6.83. The highest BCUT2D eigenvalue weighted by molar-refractivity contribution is 5.99. The van der Waals surface area contributed by atoms with E-state index in [0.717, 1.165) is 30.0 Å². The van der Waals surface area contributed by atoms with Gasteiger partial charge < -0.3 is 24.6 Å². The average Bonchev–Trinajstić information content (AvgIpc) is 3.48. The number of para-hydroxylation sites is 2. The molecule has 0 radical (unpaired) electrons. The van der Waals surface area contributed by atoms with Crippen LogP contribution in [0.3, 0.4) is 0 Å². The molecule has 2 aromatic rings. The Morgan fingerprint density at radius 3 is 2.56 bits per heavy atom. The van der Waals surface area contributed by atoms with Crippen LogP contribution in [-0.2, 0) is 16.0 Å². The Morgan fingerprint density at radius 2 is 1.81 bits per heavy atom. The van der Waals surface area contributed by atoms with Crippen LogP contribution in [0.1, 0.15) is 24.8 Å². The third-order valence-electron chi connectivity index (χ3n) is 6.31. The van der Waals surface area contributed by atoms with Crippen molar-refractivity contribution in [3.05, 3.63) is 48.0 Å². The highest BCUT2D eigenvalue weighted by Gasteiger charge is 2.34. The first-order valence-electron chi connectivity index (χ1n) is 11.2. The Morgan fingerprint density at radius 1 is 1.06 bits per heavy atom. The van der Waals surface area contributed by atoms with Gasteiger partial charge in [-0.2, -0.15) is 0 Å². The molecule has 4 rings (SSSR count). The van der Waals surface area contributed by atoms with Crippen molar-refractivity contribution < 1.29 is 19.1 Å². The van der Waals surface area contributed by atoms with E-state index < -0.39 is 0 Å². The summed E-state index contributed by atoms with van der Waals surface area (Å²) in [6.07, 6.45) is 3.30. The molecule has 7 nitrogen and oxygen atoms in total. The molecule has 2 aromatic carbocycles. The van der Waals surface area contributed by atoms with E-state index in [4.69, 9.17) is 9.47 Å². The molecule has 1 N–H and O–H groups in total. The molecule has 0 bridgehead atoms. The number of likely N-dealkylation sites (tertiary alicyclic amines) is 1. The lowest BCUT2D eigenvalue weighted by Crippen LogP contribution is -2.30. The van der Waals surface area contributed by atoms with Crippen molar-refractivity contribution in [3.63, 3.8) is 0 Å². The highest BCUT2D eigenvalue weighted by atomic mass is 16.5. The summed E-state index contributed by atoms with van der Waals surface area (Å²) in [7, 11) is 3.21. The molecule has 2 fully saturated rings. The van der Waals surface area contributed by atoms with Crippen LogP contribution in [0.25, 0.3) is 0 Å². The number of nitrogens with one attached hydrogen (secondary N) is 1. The predicted octanol–water partition coefficient (Wildman–Crippen LogP) is 3.33. The number of ether oxygens (including phenoxy) is 2. The molecule has 2 amide bonds. The van der Waals surface area contributed by atoms with Crippen LogP contribution in [0.4, 0.5) is 11.4 Å². The molecule has 0 aliphatic carbocycles. The maximum atomic E-state index is 13.0. The number of hydrogen-bond donors (Lipinski definition) is 1. The average molecular weight is 438 g/mol. The number of anilines is 2. The highest BCUT2D eigenvalue weighted by Crippen LogP contribution is 2.30. The lowest BCUT2D eigenvalue weighted by atomic mass is 10.1. The topological polar surface area (TPSA) is 71.1 Å². The smallest absolute Gasteiger partial charge is 0.229 e. The molecule has 2 heterocycles. The van der Waals surface area contributed by atoms with Crippen molar-refractivity contribution in [2.75, 3.05) is 50.6 Å². The van der Waals surface area contributed by atoms with Crippen LogP contribution in [-0.4, -0.2) is 57.1 Å². The minimum absolute atomic E-state index is 0.0263. The number of carbonyl (C=O) groups excluding carboxylic acids is 2. The summed E-state index contributed by atoms with van der Waals surface area (Å²) in [6.45, 7) is 3.05. The van der Waals surface area contributed by atoms with Crippen molar-refractivity contribution >= 4 is 23.2 Å². The first kappa shape index (κ1) is 22.0. The second-order valence-corrected chi connectivity index (χ2v) is 8.38. The lowest BCUT2D eigenvalue weighted by molar-refractivity contribution is -0.128. The summed E-state index contributed by atoms with van der Waals surface area (Å²) in [5, 5.41) is 3.08. The summed E-state index contributed by atoms with van der Waals surface area (Å²) in [5.74, 6) is 0.961. The van der Waals surface area contributed by atoms with Crippen molar-refractivity contribution in [2.45, 2.75) is 25.7 Å². The Bertz CT molecular complexity index is 971. The summed E-state index contributed by atoms with van der Waals surface area (Å²) in [5.41, 5.74) is 2.95. The third-order valence-corrected chi connectivity index (χ3v) is 6.31. The zero-order valence-corrected chi connectivity index (χ0v) is 18.8. The van der Waals surface area contributed by atoms with Crippen LogP contribution < -0.4 is 19.7 Å².